The first-order valence-corrected chi connectivity index (χ1v) is 8.14. The number of likely N-dealkylation sites (tertiary alicyclic amines) is 2. The minimum atomic E-state index is 0.0301. The van der Waals surface area contributed by atoms with Crippen LogP contribution in [0.1, 0.15) is 31.2 Å². The van der Waals surface area contributed by atoms with Crippen molar-refractivity contribution in [3.05, 3.63) is 30.1 Å². The van der Waals surface area contributed by atoms with Crippen LogP contribution in [0.15, 0.2) is 24.5 Å². The summed E-state index contributed by atoms with van der Waals surface area (Å²) >= 11 is 0. The van der Waals surface area contributed by atoms with Gasteiger partial charge in [0.05, 0.1) is 12.0 Å². The zero-order chi connectivity index (χ0) is 15.4. The van der Waals surface area contributed by atoms with Crippen LogP contribution in [0.3, 0.4) is 0 Å². The third-order valence-electron chi connectivity index (χ3n) is 4.64. The third kappa shape index (κ3) is 3.48. The molecule has 4 nitrogen and oxygen atoms in total. The molecule has 0 spiro atoms. The van der Waals surface area contributed by atoms with E-state index in [-0.39, 0.29) is 17.9 Å². The Hall–Kier alpha value is -1.86. The molecule has 116 valence electrons. The second-order valence-corrected chi connectivity index (χ2v) is 6.27. The van der Waals surface area contributed by atoms with E-state index in [1.165, 1.54) is 19.3 Å². The van der Waals surface area contributed by atoms with Gasteiger partial charge in [0.1, 0.15) is 0 Å². The van der Waals surface area contributed by atoms with Crippen LogP contribution in [0, 0.1) is 17.8 Å². The second-order valence-electron chi connectivity index (χ2n) is 6.27. The van der Waals surface area contributed by atoms with Crippen molar-refractivity contribution < 1.29 is 4.79 Å². The highest BCUT2D eigenvalue weighted by Gasteiger charge is 2.37. The molecule has 2 aliphatic heterocycles. The van der Waals surface area contributed by atoms with Gasteiger partial charge < -0.3 is 9.80 Å². The summed E-state index contributed by atoms with van der Waals surface area (Å²) < 4.78 is 0. The second kappa shape index (κ2) is 6.93. The van der Waals surface area contributed by atoms with E-state index >= 15 is 0 Å². The SMILES string of the molecule is CN1C(=O)C(CN2CCCCC2)CC1C#Cc1cccnc1. The molecule has 0 N–H and O–H groups in total. The van der Waals surface area contributed by atoms with Gasteiger partial charge in [-0.25, -0.2) is 0 Å². The van der Waals surface area contributed by atoms with Gasteiger partial charge >= 0.3 is 0 Å². The lowest BCUT2D eigenvalue weighted by atomic mass is 10.0. The fourth-order valence-corrected chi connectivity index (χ4v) is 3.34. The molecule has 0 saturated carbocycles. The van der Waals surface area contributed by atoms with Gasteiger partial charge in [-0.05, 0) is 44.5 Å². The van der Waals surface area contributed by atoms with E-state index < -0.39 is 0 Å². The molecule has 0 bridgehead atoms. The van der Waals surface area contributed by atoms with Gasteiger partial charge in [0.25, 0.3) is 0 Å². The highest BCUT2D eigenvalue weighted by atomic mass is 16.2. The molecule has 1 amide bonds. The Morgan fingerprint density at radius 2 is 2.14 bits per heavy atom. The molecule has 0 radical (unpaired) electrons. The van der Waals surface area contributed by atoms with E-state index in [0.717, 1.165) is 31.6 Å². The van der Waals surface area contributed by atoms with Gasteiger partial charge in [0, 0.05) is 31.5 Å². The molecule has 3 heterocycles. The van der Waals surface area contributed by atoms with Gasteiger partial charge in [-0.1, -0.05) is 18.3 Å². The van der Waals surface area contributed by atoms with Crippen LogP contribution >= 0.6 is 0 Å². The van der Waals surface area contributed by atoms with Crippen molar-refractivity contribution >= 4 is 5.91 Å². The molecular formula is C18H23N3O. The monoisotopic (exact) mass is 297 g/mol. The number of hydrogen-bond acceptors (Lipinski definition) is 3. The van der Waals surface area contributed by atoms with Gasteiger partial charge in [0.2, 0.25) is 5.91 Å². The molecule has 1 aromatic heterocycles. The van der Waals surface area contributed by atoms with Crippen molar-refractivity contribution in [3.63, 3.8) is 0 Å². The Labute approximate surface area is 132 Å². The third-order valence-corrected chi connectivity index (χ3v) is 4.64. The van der Waals surface area contributed by atoms with Crippen LogP contribution in [0.2, 0.25) is 0 Å². The molecule has 0 aromatic carbocycles. The summed E-state index contributed by atoms with van der Waals surface area (Å²) in [6, 6.07) is 3.86. The number of pyridine rings is 1. The average molecular weight is 297 g/mol. The number of nitrogens with zero attached hydrogens (tertiary/aromatic N) is 3. The van der Waals surface area contributed by atoms with E-state index in [1.807, 2.05) is 24.1 Å². The maximum absolute atomic E-state index is 12.4. The maximum atomic E-state index is 12.4. The predicted octanol–water partition coefficient (Wildman–Crippen LogP) is 1.77. The molecule has 1 aromatic rings. The molecule has 0 aliphatic carbocycles. The molecule has 22 heavy (non-hydrogen) atoms. The Morgan fingerprint density at radius 3 is 2.86 bits per heavy atom. The van der Waals surface area contributed by atoms with E-state index in [9.17, 15) is 4.79 Å². The number of rotatable bonds is 2. The average Bonchev–Trinajstić information content (AvgIpc) is 2.83. The minimum Gasteiger partial charge on any atom is -0.332 e. The van der Waals surface area contributed by atoms with Crippen molar-refractivity contribution in [1.82, 2.24) is 14.8 Å². The van der Waals surface area contributed by atoms with Crippen LogP contribution in [0.5, 0.6) is 0 Å². The van der Waals surface area contributed by atoms with Crippen LogP contribution in [-0.4, -0.2) is 53.4 Å². The number of carbonyl (C=O) groups excluding carboxylic acids is 1. The predicted molar refractivity (Wildman–Crippen MR) is 86.1 cm³/mol. The molecule has 2 saturated heterocycles. The molecule has 2 unspecified atom stereocenters. The molecule has 4 heteroatoms. The lowest BCUT2D eigenvalue weighted by Gasteiger charge is -2.28. The van der Waals surface area contributed by atoms with Crippen molar-refractivity contribution in [2.75, 3.05) is 26.7 Å². The summed E-state index contributed by atoms with van der Waals surface area (Å²) in [5.41, 5.74) is 0.905. The summed E-state index contributed by atoms with van der Waals surface area (Å²) in [5, 5.41) is 0. The van der Waals surface area contributed by atoms with E-state index in [2.05, 4.69) is 21.7 Å². The van der Waals surface area contributed by atoms with Gasteiger partial charge in [-0.3, -0.25) is 9.78 Å². The van der Waals surface area contributed by atoms with E-state index in [0.29, 0.717) is 0 Å². The van der Waals surface area contributed by atoms with Crippen LogP contribution in [0.4, 0.5) is 0 Å². The number of hydrogen-bond donors (Lipinski definition) is 0. The lowest BCUT2D eigenvalue weighted by Crippen LogP contribution is -2.37. The standard InChI is InChI=1S/C18H23N3O/c1-20-17(8-7-15-6-5-9-19-13-15)12-16(18(20)22)14-21-10-3-2-4-11-21/h5-6,9,13,16-17H,2-4,10-12,14H2,1H3. The number of aromatic nitrogens is 1. The summed E-state index contributed by atoms with van der Waals surface area (Å²) in [4.78, 5) is 20.7. The zero-order valence-corrected chi connectivity index (χ0v) is 13.2. The zero-order valence-electron chi connectivity index (χ0n) is 13.2. The van der Waals surface area contributed by atoms with Crippen molar-refractivity contribution in [1.29, 1.82) is 0 Å². The summed E-state index contributed by atoms with van der Waals surface area (Å²) in [5.74, 6) is 6.74. The van der Waals surface area contributed by atoms with Crippen molar-refractivity contribution in [2.45, 2.75) is 31.7 Å². The Balaban J connectivity index is 1.62. The van der Waals surface area contributed by atoms with Crippen LogP contribution in [-0.2, 0) is 4.79 Å². The van der Waals surface area contributed by atoms with Crippen molar-refractivity contribution in [2.24, 2.45) is 5.92 Å². The first-order chi connectivity index (χ1) is 10.7. The Kier molecular flexibility index (Phi) is 4.74. The fraction of sp³-hybridized carbons (Fsp3) is 0.556. The fourth-order valence-electron chi connectivity index (χ4n) is 3.34. The smallest absolute Gasteiger partial charge is 0.227 e. The molecule has 2 fully saturated rings. The summed E-state index contributed by atoms with van der Waals surface area (Å²) in [6.07, 6.45) is 8.20. The lowest BCUT2D eigenvalue weighted by molar-refractivity contribution is -0.130. The number of piperidine rings is 1. The first-order valence-electron chi connectivity index (χ1n) is 8.14. The van der Waals surface area contributed by atoms with Gasteiger partial charge in [0.15, 0.2) is 0 Å². The topological polar surface area (TPSA) is 36.4 Å². The quantitative estimate of drug-likeness (QED) is 0.781. The van der Waals surface area contributed by atoms with Crippen molar-refractivity contribution in [3.8, 4) is 11.8 Å². The number of amides is 1. The number of carbonyl (C=O) groups is 1. The maximum Gasteiger partial charge on any atom is 0.227 e. The van der Waals surface area contributed by atoms with Crippen LogP contribution in [0.25, 0.3) is 0 Å². The normalized spacial score (nSPS) is 25.9. The Morgan fingerprint density at radius 1 is 1.32 bits per heavy atom. The summed E-state index contributed by atoms with van der Waals surface area (Å²) in [7, 11) is 1.88. The molecule has 3 rings (SSSR count). The highest BCUT2D eigenvalue weighted by Crippen LogP contribution is 2.25. The van der Waals surface area contributed by atoms with E-state index in [4.69, 9.17) is 0 Å². The van der Waals surface area contributed by atoms with Gasteiger partial charge in [-0.2, -0.15) is 0 Å². The Bertz CT molecular complexity index is 569. The molecule has 2 atom stereocenters. The van der Waals surface area contributed by atoms with E-state index in [1.54, 1.807) is 12.4 Å². The summed E-state index contributed by atoms with van der Waals surface area (Å²) in [6.45, 7) is 3.17. The molecular weight excluding hydrogens is 274 g/mol. The van der Waals surface area contributed by atoms with Crippen LogP contribution < -0.4 is 0 Å². The minimum absolute atomic E-state index is 0.0301. The molecule has 2 aliphatic rings. The first kappa shape index (κ1) is 15.1. The largest absolute Gasteiger partial charge is 0.332 e. The van der Waals surface area contributed by atoms with Gasteiger partial charge in [-0.15, -0.1) is 0 Å². The highest BCUT2D eigenvalue weighted by molar-refractivity contribution is 5.82.